The zero-order valence-electron chi connectivity index (χ0n) is 14.7. The predicted octanol–water partition coefficient (Wildman–Crippen LogP) is -3.16. The standard InChI is InChI=1S/C16H30O10/c1-2-3-4-5-24-15-12(21)13(22)16(23,7-25-15)14-11(20)10(19)9(18)8(6-17)26-14/h8-15,17-23H,2-7H2,1H3/t8-,9+,10+,11-,12-,13-,14+,15?,16-/m1/s1. The van der Waals surface area contributed by atoms with Gasteiger partial charge in [0.25, 0.3) is 0 Å². The van der Waals surface area contributed by atoms with Gasteiger partial charge in [0, 0.05) is 6.61 Å². The Hall–Kier alpha value is -0.400. The molecule has 0 aromatic rings. The Balaban J connectivity index is 2.07. The molecule has 2 aliphatic heterocycles. The highest BCUT2D eigenvalue weighted by Gasteiger charge is 2.60. The quantitative estimate of drug-likeness (QED) is 0.223. The lowest BCUT2D eigenvalue weighted by Gasteiger charge is -2.51. The molecule has 2 aliphatic rings. The van der Waals surface area contributed by atoms with Gasteiger partial charge >= 0.3 is 0 Å². The summed E-state index contributed by atoms with van der Waals surface area (Å²) < 4.78 is 16.0. The van der Waals surface area contributed by atoms with Gasteiger partial charge in [0.05, 0.1) is 13.2 Å². The zero-order valence-corrected chi connectivity index (χ0v) is 14.7. The van der Waals surface area contributed by atoms with E-state index >= 15 is 0 Å². The Morgan fingerprint density at radius 2 is 1.69 bits per heavy atom. The van der Waals surface area contributed by atoms with Crippen molar-refractivity contribution in [2.24, 2.45) is 0 Å². The van der Waals surface area contributed by atoms with Crippen molar-refractivity contribution in [1.29, 1.82) is 0 Å². The van der Waals surface area contributed by atoms with Crippen LogP contribution in [-0.2, 0) is 14.2 Å². The monoisotopic (exact) mass is 382 g/mol. The van der Waals surface area contributed by atoms with Crippen LogP contribution in [0.3, 0.4) is 0 Å². The second-order valence-electron chi connectivity index (χ2n) is 6.93. The molecule has 9 atom stereocenters. The first-order valence-electron chi connectivity index (χ1n) is 8.90. The van der Waals surface area contributed by atoms with Crippen LogP contribution >= 0.6 is 0 Å². The minimum atomic E-state index is -2.28. The van der Waals surface area contributed by atoms with Gasteiger partial charge < -0.3 is 50.0 Å². The third-order valence-corrected chi connectivity index (χ3v) is 5.01. The van der Waals surface area contributed by atoms with Crippen molar-refractivity contribution in [2.45, 2.75) is 80.8 Å². The number of aliphatic hydroxyl groups is 7. The molecule has 0 saturated carbocycles. The van der Waals surface area contributed by atoms with Crippen molar-refractivity contribution in [1.82, 2.24) is 0 Å². The summed E-state index contributed by atoms with van der Waals surface area (Å²) in [6.45, 7) is 1.10. The maximum atomic E-state index is 10.8. The van der Waals surface area contributed by atoms with Crippen molar-refractivity contribution >= 4 is 0 Å². The summed E-state index contributed by atoms with van der Waals surface area (Å²) in [6, 6.07) is 0. The number of hydrogen-bond acceptors (Lipinski definition) is 10. The van der Waals surface area contributed by atoms with Gasteiger partial charge in [0.2, 0.25) is 0 Å². The molecule has 1 unspecified atom stereocenters. The molecule has 26 heavy (non-hydrogen) atoms. The minimum absolute atomic E-state index is 0.306. The van der Waals surface area contributed by atoms with Gasteiger partial charge in [-0.2, -0.15) is 0 Å². The van der Waals surface area contributed by atoms with Gasteiger partial charge in [-0.1, -0.05) is 19.8 Å². The van der Waals surface area contributed by atoms with Crippen LogP contribution in [0.1, 0.15) is 26.2 Å². The molecule has 0 aromatic carbocycles. The average Bonchev–Trinajstić information content (AvgIpc) is 2.63. The van der Waals surface area contributed by atoms with Crippen LogP contribution in [0.2, 0.25) is 0 Å². The molecule has 0 spiro atoms. The molecule has 10 nitrogen and oxygen atoms in total. The molecular weight excluding hydrogens is 352 g/mol. The molecule has 0 amide bonds. The molecule has 0 aromatic heterocycles. The van der Waals surface area contributed by atoms with Crippen molar-refractivity contribution in [3.05, 3.63) is 0 Å². The summed E-state index contributed by atoms with van der Waals surface area (Å²) in [4.78, 5) is 0. The Morgan fingerprint density at radius 3 is 2.31 bits per heavy atom. The van der Waals surface area contributed by atoms with Crippen LogP contribution in [0.25, 0.3) is 0 Å². The van der Waals surface area contributed by atoms with Crippen molar-refractivity contribution in [3.63, 3.8) is 0 Å². The molecule has 2 heterocycles. The highest BCUT2D eigenvalue weighted by molar-refractivity contribution is 5.08. The van der Waals surface area contributed by atoms with E-state index in [0.29, 0.717) is 6.61 Å². The third kappa shape index (κ3) is 4.20. The Labute approximate surface area is 151 Å². The Bertz CT molecular complexity index is 435. The summed E-state index contributed by atoms with van der Waals surface area (Å²) >= 11 is 0. The van der Waals surface area contributed by atoms with E-state index in [1.165, 1.54) is 0 Å². The van der Waals surface area contributed by atoms with E-state index in [4.69, 9.17) is 14.2 Å². The molecule has 0 bridgehead atoms. The van der Waals surface area contributed by atoms with Gasteiger partial charge in [-0.15, -0.1) is 0 Å². The van der Waals surface area contributed by atoms with Gasteiger partial charge in [-0.3, -0.25) is 0 Å². The van der Waals surface area contributed by atoms with Gasteiger partial charge in [0.1, 0.15) is 48.3 Å². The van der Waals surface area contributed by atoms with E-state index in [1.54, 1.807) is 0 Å². The van der Waals surface area contributed by atoms with E-state index in [-0.39, 0.29) is 0 Å². The molecule has 7 N–H and O–H groups in total. The van der Waals surface area contributed by atoms with Crippen LogP contribution in [0, 0.1) is 0 Å². The minimum Gasteiger partial charge on any atom is -0.394 e. The molecule has 2 fully saturated rings. The second kappa shape index (κ2) is 9.20. The summed E-state index contributed by atoms with van der Waals surface area (Å²) in [6.07, 6.45) is -9.89. The first-order chi connectivity index (χ1) is 12.3. The fourth-order valence-corrected chi connectivity index (χ4v) is 3.31. The fourth-order valence-electron chi connectivity index (χ4n) is 3.31. The lowest BCUT2D eigenvalue weighted by atomic mass is 9.79. The largest absolute Gasteiger partial charge is 0.394 e. The summed E-state index contributed by atoms with van der Waals surface area (Å²) in [7, 11) is 0. The summed E-state index contributed by atoms with van der Waals surface area (Å²) in [5.74, 6) is 0. The van der Waals surface area contributed by atoms with Crippen LogP contribution in [0.5, 0.6) is 0 Å². The maximum Gasteiger partial charge on any atom is 0.186 e. The maximum absolute atomic E-state index is 10.8. The van der Waals surface area contributed by atoms with Crippen LogP contribution < -0.4 is 0 Å². The Morgan fingerprint density at radius 1 is 1.00 bits per heavy atom. The lowest BCUT2D eigenvalue weighted by Crippen LogP contribution is -2.73. The van der Waals surface area contributed by atoms with Crippen molar-refractivity contribution in [3.8, 4) is 0 Å². The van der Waals surface area contributed by atoms with E-state index in [9.17, 15) is 35.7 Å². The number of aliphatic hydroxyl groups excluding tert-OH is 6. The molecule has 0 radical (unpaired) electrons. The topological polar surface area (TPSA) is 169 Å². The molecular formula is C16H30O10. The molecule has 2 saturated heterocycles. The molecule has 0 aliphatic carbocycles. The number of hydrogen-bond donors (Lipinski definition) is 7. The summed E-state index contributed by atoms with van der Waals surface area (Å²) in [5, 5.41) is 70.5. The summed E-state index contributed by atoms with van der Waals surface area (Å²) in [5.41, 5.74) is -2.28. The number of unbranched alkanes of at least 4 members (excludes halogenated alkanes) is 2. The number of ether oxygens (including phenoxy) is 3. The Kier molecular flexibility index (Phi) is 7.74. The predicted molar refractivity (Wildman–Crippen MR) is 85.9 cm³/mol. The fraction of sp³-hybridized carbons (Fsp3) is 1.00. The van der Waals surface area contributed by atoms with Crippen LogP contribution in [0.15, 0.2) is 0 Å². The smallest absolute Gasteiger partial charge is 0.186 e. The highest BCUT2D eigenvalue weighted by Crippen LogP contribution is 2.35. The molecule has 10 heteroatoms. The third-order valence-electron chi connectivity index (χ3n) is 5.01. The molecule has 2 rings (SSSR count). The van der Waals surface area contributed by atoms with Crippen molar-refractivity contribution in [2.75, 3.05) is 19.8 Å². The van der Waals surface area contributed by atoms with Gasteiger partial charge in [0.15, 0.2) is 6.29 Å². The highest BCUT2D eigenvalue weighted by atomic mass is 16.7. The first kappa shape index (κ1) is 21.9. The zero-order chi connectivity index (χ0) is 19.5. The normalized spacial score (nSPS) is 47.1. The van der Waals surface area contributed by atoms with E-state index in [2.05, 4.69) is 0 Å². The van der Waals surface area contributed by atoms with Crippen LogP contribution in [-0.4, -0.2) is 110 Å². The second-order valence-corrected chi connectivity index (χ2v) is 6.93. The number of rotatable bonds is 7. The lowest BCUT2D eigenvalue weighted by molar-refractivity contribution is -0.347. The average molecular weight is 382 g/mol. The van der Waals surface area contributed by atoms with E-state index in [0.717, 1.165) is 19.3 Å². The van der Waals surface area contributed by atoms with Crippen LogP contribution in [0.4, 0.5) is 0 Å². The van der Waals surface area contributed by atoms with Crippen molar-refractivity contribution < 1.29 is 50.0 Å². The first-order valence-corrected chi connectivity index (χ1v) is 8.90. The van der Waals surface area contributed by atoms with Gasteiger partial charge in [-0.05, 0) is 6.42 Å². The van der Waals surface area contributed by atoms with E-state index in [1.807, 2.05) is 6.92 Å². The van der Waals surface area contributed by atoms with Gasteiger partial charge in [-0.25, -0.2) is 0 Å². The van der Waals surface area contributed by atoms with E-state index < -0.39 is 67.8 Å². The molecule has 154 valence electrons. The SMILES string of the molecule is CCCCCOC1OC[C@](O)([C@H]2O[C@H](CO)[C@H](O)[C@H](O)[C@H]2O)[C@H](O)[C@H]1O.